The Kier molecular flexibility index (Phi) is 4.43. The molecule has 0 aliphatic carbocycles. The van der Waals surface area contributed by atoms with Gasteiger partial charge in [0.1, 0.15) is 5.84 Å². The number of nitrogens with two attached hydrogens (primary N) is 1. The van der Waals surface area contributed by atoms with Gasteiger partial charge in [0.05, 0.1) is 0 Å². The minimum absolute atomic E-state index is 0.134. The van der Waals surface area contributed by atoms with E-state index in [4.69, 9.17) is 11.1 Å². The summed E-state index contributed by atoms with van der Waals surface area (Å²) < 4.78 is 0. The molecule has 0 radical (unpaired) electrons. The van der Waals surface area contributed by atoms with Gasteiger partial charge in [0.2, 0.25) is 0 Å². The first-order valence-electron chi connectivity index (χ1n) is 7.01. The number of hydrogen-bond acceptors (Lipinski definition) is 3. The molecule has 0 aromatic heterocycles. The van der Waals surface area contributed by atoms with E-state index in [0.717, 1.165) is 25.1 Å². The monoisotopic (exact) mass is 260 g/mol. The van der Waals surface area contributed by atoms with Crippen LogP contribution in [0.3, 0.4) is 0 Å². The number of anilines is 1. The normalized spacial score (nSPS) is 21.2. The Morgan fingerprint density at radius 2 is 2.00 bits per heavy atom. The van der Waals surface area contributed by atoms with Crippen molar-refractivity contribution < 1.29 is 0 Å². The number of nitrogen functional groups attached to an aromatic ring is 1. The highest BCUT2D eigenvalue weighted by atomic mass is 15.2. The molecule has 104 valence electrons. The molecule has 19 heavy (non-hydrogen) atoms. The van der Waals surface area contributed by atoms with Crippen LogP contribution in [0.5, 0.6) is 0 Å². The average molecular weight is 260 g/mol. The average Bonchev–Trinajstić information content (AvgIpc) is 2.60. The third-order valence-electron chi connectivity index (χ3n) is 3.88. The second kappa shape index (κ2) is 6.06. The Balaban J connectivity index is 2.20. The van der Waals surface area contributed by atoms with E-state index in [1.807, 2.05) is 12.1 Å². The van der Waals surface area contributed by atoms with Crippen LogP contribution in [0.15, 0.2) is 24.3 Å². The van der Waals surface area contributed by atoms with Crippen LogP contribution in [0.1, 0.15) is 25.3 Å². The fraction of sp³-hybridized carbons (Fsp3) is 0.533. The van der Waals surface area contributed by atoms with E-state index in [-0.39, 0.29) is 5.84 Å². The lowest BCUT2D eigenvalue weighted by Gasteiger charge is -2.32. The van der Waals surface area contributed by atoms with Crippen LogP contribution in [-0.2, 0) is 0 Å². The first-order valence-corrected chi connectivity index (χ1v) is 7.01. The van der Waals surface area contributed by atoms with Crippen LogP contribution < -0.4 is 10.6 Å². The van der Waals surface area contributed by atoms with Crippen LogP contribution in [0.4, 0.5) is 5.69 Å². The second-order valence-corrected chi connectivity index (χ2v) is 5.33. The molecule has 1 aliphatic heterocycles. The third-order valence-corrected chi connectivity index (χ3v) is 3.88. The first kappa shape index (κ1) is 13.9. The summed E-state index contributed by atoms with van der Waals surface area (Å²) in [5.41, 5.74) is 7.54. The Bertz CT molecular complexity index is 426. The summed E-state index contributed by atoms with van der Waals surface area (Å²) in [5, 5.41) is 7.45. The molecule has 0 spiro atoms. The van der Waals surface area contributed by atoms with Crippen molar-refractivity contribution in [2.24, 2.45) is 5.73 Å². The summed E-state index contributed by atoms with van der Waals surface area (Å²) in [5.74, 6) is 0.134. The molecule has 1 aromatic rings. The number of benzene rings is 1. The summed E-state index contributed by atoms with van der Waals surface area (Å²) in [6, 6.07) is 8.63. The summed E-state index contributed by atoms with van der Waals surface area (Å²) in [4.78, 5) is 4.91. The second-order valence-electron chi connectivity index (χ2n) is 5.33. The van der Waals surface area contributed by atoms with Crippen molar-refractivity contribution in [1.29, 1.82) is 5.41 Å². The zero-order valence-electron chi connectivity index (χ0n) is 11.9. The summed E-state index contributed by atoms with van der Waals surface area (Å²) in [6.07, 6.45) is 2.35. The minimum atomic E-state index is 0.134. The van der Waals surface area contributed by atoms with Gasteiger partial charge in [0, 0.05) is 30.4 Å². The molecule has 1 atom stereocenters. The van der Waals surface area contributed by atoms with Gasteiger partial charge >= 0.3 is 0 Å². The van der Waals surface area contributed by atoms with Crippen molar-refractivity contribution in [2.75, 3.05) is 31.6 Å². The number of hydrogen-bond donors (Lipinski definition) is 2. The molecule has 0 bridgehead atoms. The van der Waals surface area contributed by atoms with Gasteiger partial charge in [-0.25, -0.2) is 0 Å². The van der Waals surface area contributed by atoms with E-state index in [1.165, 1.54) is 18.7 Å². The fourth-order valence-electron chi connectivity index (χ4n) is 2.77. The fourth-order valence-corrected chi connectivity index (χ4v) is 2.77. The van der Waals surface area contributed by atoms with Crippen LogP contribution in [-0.4, -0.2) is 43.5 Å². The van der Waals surface area contributed by atoms with Crippen molar-refractivity contribution in [2.45, 2.75) is 25.8 Å². The van der Waals surface area contributed by atoms with Crippen LogP contribution in [0, 0.1) is 5.41 Å². The Morgan fingerprint density at radius 3 is 2.58 bits per heavy atom. The van der Waals surface area contributed by atoms with Gasteiger partial charge in [-0.3, -0.25) is 5.41 Å². The molecule has 1 fully saturated rings. The minimum Gasteiger partial charge on any atom is -0.384 e. The van der Waals surface area contributed by atoms with Crippen molar-refractivity contribution in [1.82, 2.24) is 4.90 Å². The summed E-state index contributed by atoms with van der Waals surface area (Å²) >= 11 is 0. The maximum absolute atomic E-state index is 7.45. The van der Waals surface area contributed by atoms with E-state index in [2.05, 4.69) is 35.9 Å². The van der Waals surface area contributed by atoms with Gasteiger partial charge in [-0.05, 0) is 50.7 Å². The maximum atomic E-state index is 7.45. The molecule has 1 aromatic carbocycles. The van der Waals surface area contributed by atoms with Crippen molar-refractivity contribution >= 4 is 11.5 Å². The molecule has 0 saturated carbocycles. The maximum Gasteiger partial charge on any atom is 0.122 e. The number of nitrogens with one attached hydrogen (secondary N) is 1. The molecule has 3 N–H and O–H groups in total. The van der Waals surface area contributed by atoms with Crippen LogP contribution in [0.2, 0.25) is 0 Å². The SMILES string of the molecule is CCC1CN(C)CCCN1c1ccc(C(=N)N)cc1. The highest BCUT2D eigenvalue weighted by molar-refractivity contribution is 5.95. The summed E-state index contributed by atoms with van der Waals surface area (Å²) in [6.45, 7) is 5.63. The molecule has 1 unspecified atom stereocenters. The largest absolute Gasteiger partial charge is 0.384 e. The molecular weight excluding hydrogens is 236 g/mol. The molecule has 4 heteroatoms. The van der Waals surface area contributed by atoms with Gasteiger partial charge in [0.15, 0.2) is 0 Å². The molecule has 1 aliphatic rings. The smallest absolute Gasteiger partial charge is 0.122 e. The van der Waals surface area contributed by atoms with Crippen molar-refractivity contribution in [3.05, 3.63) is 29.8 Å². The van der Waals surface area contributed by atoms with E-state index in [1.54, 1.807) is 0 Å². The third kappa shape index (κ3) is 3.26. The predicted octanol–water partition coefficient (Wildman–Crippen LogP) is 1.89. The zero-order chi connectivity index (χ0) is 13.8. The highest BCUT2D eigenvalue weighted by Gasteiger charge is 2.22. The lowest BCUT2D eigenvalue weighted by Crippen LogP contribution is -2.39. The van der Waals surface area contributed by atoms with Gasteiger partial charge in [0.25, 0.3) is 0 Å². The van der Waals surface area contributed by atoms with E-state index >= 15 is 0 Å². The Hall–Kier alpha value is -1.55. The predicted molar refractivity (Wildman–Crippen MR) is 81.0 cm³/mol. The molecule has 1 saturated heterocycles. The summed E-state index contributed by atoms with van der Waals surface area (Å²) in [7, 11) is 2.20. The molecule has 4 nitrogen and oxygen atoms in total. The van der Waals surface area contributed by atoms with Gasteiger partial charge in [-0.2, -0.15) is 0 Å². The Labute approximate surface area is 115 Å². The zero-order valence-corrected chi connectivity index (χ0v) is 11.9. The molecule has 2 rings (SSSR count). The Morgan fingerprint density at radius 1 is 1.32 bits per heavy atom. The van der Waals surface area contributed by atoms with Crippen LogP contribution >= 0.6 is 0 Å². The lowest BCUT2D eigenvalue weighted by atomic mass is 10.1. The lowest BCUT2D eigenvalue weighted by molar-refractivity contribution is 0.328. The van der Waals surface area contributed by atoms with Gasteiger partial charge < -0.3 is 15.5 Å². The molecular formula is C15H24N4. The first-order chi connectivity index (χ1) is 9.11. The number of rotatable bonds is 3. The van der Waals surface area contributed by atoms with Crippen molar-refractivity contribution in [3.63, 3.8) is 0 Å². The highest BCUT2D eigenvalue weighted by Crippen LogP contribution is 2.22. The topological polar surface area (TPSA) is 56.4 Å². The number of amidine groups is 1. The van der Waals surface area contributed by atoms with E-state index < -0.39 is 0 Å². The van der Waals surface area contributed by atoms with Crippen LogP contribution in [0.25, 0.3) is 0 Å². The molecule has 1 heterocycles. The standard InChI is InChI=1S/C15H24N4/c1-3-13-11-18(2)9-4-10-19(13)14-7-5-12(6-8-14)15(16)17/h5-8,13H,3-4,9-11H2,1-2H3,(H3,16,17). The quantitative estimate of drug-likeness (QED) is 0.644. The van der Waals surface area contributed by atoms with E-state index in [0.29, 0.717) is 6.04 Å². The number of nitrogens with zero attached hydrogens (tertiary/aromatic N) is 2. The van der Waals surface area contributed by atoms with E-state index in [9.17, 15) is 0 Å². The number of likely N-dealkylation sites (N-methyl/N-ethyl adjacent to an activating group) is 1. The van der Waals surface area contributed by atoms with Gasteiger partial charge in [-0.1, -0.05) is 6.92 Å². The van der Waals surface area contributed by atoms with Crippen molar-refractivity contribution in [3.8, 4) is 0 Å². The van der Waals surface area contributed by atoms with Gasteiger partial charge in [-0.15, -0.1) is 0 Å². The molecule has 0 amide bonds.